The van der Waals surface area contributed by atoms with Gasteiger partial charge < -0.3 is 4.74 Å². The van der Waals surface area contributed by atoms with E-state index in [1.165, 1.54) is 32.1 Å². The molecular weight excluding hydrogens is 536 g/mol. The molecule has 0 N–H and O–H groups in total. The average molecular weight is 583 g/mol. The Balaban J connectivity index is 1.38. The van der Waals surface area contributed by atoms with Gasteiger partial charge in [0, 0.05) is 16.7 Å². The minimum atomic E-state index is -0.914. The van der Waals surface area contributed by atoms with Gasteiger partial charge >= 0.3 is 0 Å². The Kier molecular flexibility index (Phi) is 12.5. The van der Waals surface area contributed by atoms with Gasteiger partial charge in [0.25, 0.3) is 0 Å². The van der Waals surface area contributed by atoms with Crippen LogP contribution in [0, 0.1) is 29.2 Å². The summed E-state index contributed by atoms with van der Waals surface area (Å²) in [6, 6.07) is 12.9. The number of halogens is 4. The van der Waals surface area contributed by atoms with Crippen LogP contribution in [-0.4, -0.2) is 6.61 Å². The normalized spacial score (nSPS) is 17.1. The third-order valence-electron chi connectivity index (χ3n) is 8.76. The van der Waals surface area contributed by atoms with Crippen molar-refractivity contribution < 1.29 is 22.3 Å². The number of rotatable bonds is 15. The van der Waals surface area contributed by atoms with Gasteiger partial charge in [0.2, 0.25) is 0 Å². The zero-order valence-electron chi connectivity index (χ0n) is 25.3. The molecule has 1 saturated heterocycles. The van der Waals surface area contributed by atoms with Crippen molar-refractivity contribution in [3.8, 4) is 22.3 Å². The third-order valence-corrected chi connectivity index (χ3v) is 8.76. The van der Waals surface area contributed by atoms with Crippen molar-refractivity contribution in [1.82, 2.24) is 0 Å². The van der Waals surface area contributed by atoms with E-state index in [2.05, 4.69) is 13.8 Å². The SMILES string of the molecule is CCCCCCCc1ccc(-c2ccc(-c3ccc(C4CCC(CCCCCCC)CO4)c(F)c3F)cc2)c(F)c1F. The number of ether oxygens (including phenoxy) is 1. The van der Waals surface area contributed by atoms with Crippen LogP contribution >= 0.6 is 0 Å². The first kappa shape index (κ1) is 32.3. The van der Waals surface area contributed by atoms with E-state index < -0.39 is 29.4 Å². The fraction of sp³-hybridized carbons (Fsp3) is 0.514. The predicted molar refractivity (Wildman–Crippen MR) is 164 cm³/mol. The number of unbranched alkanes of at least 4 members (excludes halogenated alkanes) is 8. The summed E-state index contributed by atoms with van der Waals surface area (Å²) in [6.07, 6.45) is 14.3. The molecule has 0 saturated carbocycles. The number of hydrogen-bond donors (Lipinski definition) is 0. The summed E-state index contributed by atoms with van der Waals surface area (Å²) in [5, 5.41) is 0. The topological polar surface area (TPSA) is 9.23 Å². The van der Waals surface area contributed by atoms with Gasteiger partial charge in [0.15, 0.2) is 23.3 Å². The Bertz CT molecular complexity index is 1260. The lowest BCUT2D eigenvalue weighted by atomic mass is 9.90. The van der Waals surface area contributed by atoms with E-state index in [1.807, 2.05) is 0 Å². The van der Waals surface area contributed by atoms with Crippen LogP contribution in [0.5, 0.6) is 0 Å². The Morgan fingerprint density at radius 3 is 1.76 bits per heavy atom. The minimum absolute atomic E-state index is 0.133. The monoisotopic (exact) mass is 582 g/mol. The van der Waals surface area contributed by atoms with Crippen LogP contribution in [0.3, 0.4) is 0 Å². The summed E-state index contributed by atoms with van der Waals surface area (Å²) in [6.45, 7) is 4.94. The molecule has 2 atom stereocenters. The van der Waals surface area contributed by atoms with E-state index in [0.717, 1.165) is 44.9 Å². The van der Waals surface area contributed by atoms with Crippen LogP contribution in [-0.2, 0) is 11.2 Å². The highest BCUT2D eigenvalue weighted by atomic mass is 19.2. The number of benzene rings is 3. The molecule has 0 bridgehead atoms. The summed E-state index contributed by atoms with van der Waals surface area (Å²) in [7, 11) is 0. The van der Waals surface area contributed by atoms with Gasteiger partial charge in [-0.1, -0.05) is 120 Å². The summed E-state index contributed by atoms with van der Waals surface area (Å²) in [5.41, 5.74) is 1.90. The van der Waals surface area contributed by atoms with Crippen LogP contribution in [0.25, 0.3) is 22.3 Å². The molecule has 1 aliphatic rings. The number of hydrogen-bond acceptors (Lipinski definition) is 1. The lowest BCUT2D eigenvalue weighted by Gasteiger charge is -2.30. The average Bonchev–Trinajstić information content (AvgIpc) is 3.01. The van der Waals surface area contributed by atoms with Crippen molar-refractivity contribution in [3.05, 3.63) is 82.9 Å². The Labute approximate surface area is 249 Å². The third kappa shape index (κ3) is 8.24. The van der Waals surface area contributed by atoms with Gasteiger partial charge in [0.05, 0.1) is 12.7 Å². The molecule has 1 fully saturated rings. The first-order valence-electron chi connectivity index (χ1n) is 16.1. The molecule has 3 aromatic rings. The molecule has 228 valence electrons. The van der Waals surface area contributed by atoms with Crippen LogP contribution in [0.4, 0.5) is 17.6 Å². The van der Waals surface area contributed by atoms with Gasteiger partial charge in [-0.3, -0.25) is 0 Å². The molecule has 1 aliphatic heterocycles. The summed E-state index contributed by atoms with van der Waals surface area (Å²) in [5.74, 6) is -2.99. The molecule has 0 aliphatic carbocycles. The second-order valence-electron chi connectivity index (χ2n) is 11.9. The number of aryl methyl sites for hydroxylation is 1. The van der Waals surface area contributed by atoms with Crippen molar-refractivity contribution in [2.75, 3.05) is 6.61 Å². The molecular formula is C37H46F4O. The van der Waals surface area contributed by atoms with Gasteiger partial charge in [-0.25, -0.2) is 17.6 Å². The van der Waals surface area contributed by atoms with Gasteiger partial charge in [0.1, 0.15) is 0 Å². The van der Waals surface area contributed by atoms with Crippen LogP contribution in [0.1, 0.15) is 115 Å². The lowest BCUT2D eigenvalue weighted by molar-refractivity contribution is -0.0218. The predicted octanol–water partition coefficient (Wildman–Crippen LogP) is 11.9. The first-order chi connectivity index (χ1) is 20.4. The zero-order chi connectivity index (χ0) is 29.9. The fourth-order valence-corrected chi connectivity index (χ4v) is 6.11. The maximum atomic E-state index is 15.3. The molecule has 42 heavy (non-hydrogen) atoms. The first-order valence-corrected chi connectivity index (χ1v) is 16.1. The van der Waals surface area contributed by atoms with Crippen LogP contribution in [0.2, 0.25) is 0 Å². The molecule has 4 rings (SSSR count). The zero-order valence-corrected chi connectivity index (χ0v) is 25.3. The van der Waals surface area contributed by atoms with Gasteiger partial charge in [-0.05, 0) is 54.7 Å². The summed E-state index contributed by atoms with van der Waals surface area (Å²) in [4.78, 5) is 0. The quantitative estimate of drug-likeness (QED) is 0.128. The smallest absolute Gasteiger partial charge is 0.167 e. The van der Waals surface area contributed by atoms with Crippen LogP contribution < -0.4 is 0 Å². The van der Waals surface area contributed by atoms with E-state index in [1.54, 1.807) is 48.5 Å². The van der Waals surface area contributed by atoms with Crippen molar-refractivity contribution in [2.24, 2.45) is 5.92 Å². The maximum absolute atomic E-state index is 15.3. The standard InChI is InChI=1S/C37H46F4O/c1-3-5-7-9-11-13-26-15-24-33(42-25-26)32-23-22-31(36(40)37(32)41)28-18-16-27(17-19-28)30-21-20-29(34(38)35(30)39)14-12-10-8-6-4-2/h16-23,26,33H,3-15,24-25H2,1-2H3. The summed E-state index contributed by atoms with van der Waals surface area (Å²) >= 11 is 0. The maximum Gasteiger partial charge on any atom is 0.167 e. The largest absolute Gasteiger partial charge is 0.373 e. The van der Waals surface area contributed by atoms with Crippen molar-refractivity contribution in [2.45, 2.75) is 110 Å². The van der Waals surface area contributed by atoms with Crippen molar-refractivity contribution in [1.29, 1.82) is 0 Å². The van der Waals surface area contributed by atoms with E-state index >= 15 is 8.78 Å². The Hall–Kier alpha value is -2.66. The van der Waals surface area contributed by atoms with Gasteiger partial charge in [-0.15, -0.1) is 0 Å². The molecule has 1 nitrogen and oxygen atoms in total. The van der Waals surface area contributed by atoms with Crippen molar-refractivity contribution in [3.63, 3.8) is 0 Å². The van der Waals surface area contributed by atoms with E-state index in [4.69, 9.17) is 4.74 Å². The molecule has 3 aromatic carbocycles. The van der Waals surface area contributed by atoms with E-state index in [0.29, 0.717) is 42.1 Å². The second-order valence-corrected chi connectivity index (χ2v) is 11.9. The molecule has 2 unspecified atom stereocenters. The second kappa shape index (κ2) is 16.3. The van der Waals surface area contributed by atoms with E-state index in [-0.39, 0.29) is 16.7 Å². The van der Waals surface area contributed by atoms with Crippen LogP contribution in [0.15, 0.2) is 48.5 Å². The molecule has 0 aromatic heterocycles. The molecule has 0 amide bonds. The fourth-order valence-electron chi connectivity index (χ4n) is 6.11. The lowest BCUT2D eigenvalue weighted by Crippen LogP contribution is -2.21. The molecule has 0 spiro atoms. The molecule has 5 heteroatoms. The molecule has 1 heterocycles. The Morgan fingerprint density at radius 1 is 0.595 bits per heavy atom. The van der Waals surface area contributed by atoms with Gasteiger partial charge in [-0.2, -0.15) is 0 Å². The summed E-state index contributed by atoms with van der Waals surface area (Å²) < 4.78 is 66.3. The highest BCUT2D eigenvalue weighted by Gasteiger charge is 2.27. The van der Waals surface area contributed by atoms with Crippen molar-refractivity contribution >= 4 is 0 Å². The Morgan fingerprint density at radius 2 is 1.17 bits per heavy atom. The molecule has 0 radical (unpaired) electrons. The van der Waals surface area contributed by atoms with E-state index in [9.17, 15) is 8.78 Å². The highest BCUT2D eigenvalue weighted by molar-refractivity contribution is 5.71. The minimum Gasteiger partial charge on any atom is -0.373 e. The highest BCUT2D eigenvalue weighted by Crippen LogP contribution is 2.37.